The summed E-state index contributed by atoms with van der Waals surface area (Å²) in [5.41, 5.74) is 12.3. The van der Waals surface area contributed by atoms with E-state index in [1.807, 2.05) is 0 Å². The van der Waals surface area contributed by atoms with Crippen molar-refractivity contribution in [3.8, 4) is 11.1 Å². The molecule has 0 bridgehead atoms. The maximum absolute atomic E-state index is 2.37. The molecule has 5 aromatic carbocycles. The standard InChI is InChI=1S/C45H41N/c1-4-17-42(37-28-26-36(27-29-37)35-18-9-6-10-19-35)43-24-15-16-25-44(43)45(34(3)5-2)38-30-32-41(33-31-38)46(39-20-11-7-12-21-39)40-22-13-8-14-23-40/h4-33,42-43H,1-3H3/b17-4+,34-5+,45-44+. The summed E-state index contributed by atoms with van der Waals surface area (Å²) in [7, 11) is 0. The summed E-state index contributed by atoms with van der Waals surface area (Å²) in [4.78, 5) is 2.31. The molecule has 0 spiro atoms. The van der Waals surface area contributed by atoms with Crippen molar-refractivity contribution in [3.05, 3.63) is 204 Å². The highest BCUT2D eigenvalue weighted by Crippen LogP contribution is 2.42. The van der Waals surface area contributed by atoms with E-state index in [0.29, 0.717) is 0 Å². The number of hydrogen-bond donors (Lipinski definition) is 0. The average Bonchev–Trinajstić information content (AvgIpc) is 3.13. The summed E-state index contributed by atoms with van der Waals surface area (Å²) in [6.45, 7) is 6.50. The van der Waals surface area contributed by atoms with Gasteiger partial charge in [-0.2, -0.15) is 0 Å². The monoisotopic (exact) mass is 595 g/mol. The van der Waals surface area contributed by atoms with E-state index in [1.165, 1.54) is 39.0 Å². The number of allylic oxidation sites excluding steroid dienone is 10. The van der Waals surface area contributed by atoms with Crippen LogP contribution in [0.15, 0.2) is 193 Å². The van der Waals surface area contributed by atoms with Gasteiger partial charge < -0.3 is 4.90 Å². The van der Waals surface area contributed by atoms with Gasteiger partial charge in [-0.05, 0) is 96.1 Å². The lowest BCUT2D eigenvalue weighted by atomic mass is 9.75. The van der Waals surface area contributed by atoms with E-state index >= 15 is 0 Å². The molecule has 6 rings (SSSR count). The van der Waals surface area contributed by atoms with E-state index in [9.17, 15) is 0 Å². The molecule has 0 aromatic heterocycles. The molecule has 0 saturated carbocycles. The van der Waals surface area contributed by atoms with Gasteiger partial charge in [-0.25, -0.2) is 0 Å². The number of hydrogen-bond acceptors (Lipinski definition) is 1. The van der Waals surface area contributed by atoms with E-state index in [4.69, 9.17) is 0 Å². The van der Waals surface area contributed by atoms with Crippen LogP contribution in [-0.2, 0) is 0 Å². The second kappa shape index (κ2) is 14.6. The van der Waals surface area contributed by atoms with Gasteiger partial charge >= 0.3 is 0 Å². The molecule has 0 aliphatic heterocycles. The van der Waals surface area contributed by atoms with Crippen LogP contribution in [0.5, 0.6) is 0 Å². The van der Waals surface area contributed by atoms with Crippen LogP contribution in [0.2, 0.25) is 0 Å². The lowest BCUT2D eigenvalue weighted by molar-refractivity contribution is 0.679. The first kappa shape index (κ1) is 30.6. The van der Waals surface area contributed by atoms with Crippen LogP contribution < -0.4 is 4.90 Å². The van der Waals surface area contributed by atoms with E-state index in [2.05, 4.69) is 208 Å². The van der Waals surface area contributed by atoms with Gasteiger partial charge in [0.2, 0.25) is 0 Å². The normalized spacial score (nSPS) is 16.4. The van der Waals surface area contributed by atoms with E-state index in [-0.39, 0.29) is 11.8 Å². The molecule has 2 atom stereocenters. The van der Waals surface area contributed by atoms with Gasteiger partial charge in [0.25, 0.3) is 0 Å². The number of benzene rings is 5. The zero-order valence-corrected chi connectivity index (χ0v) is 26.9. The quantitative estimate of drug-likeness (QED) is 0.153. The van der Waals surface area contributed by atoms with Crippen LogP contribution in [0, 0.1) is 5.92 Å². The third kappa shape index (κ3) is 6.65. The Morgan fingerprint density at radius 2 is 1.15 bits per heavy atom. The average molecular weight is 596 g/mol. The van der Waals surface area contributed by atoms with Crippen LogP contribution in [0.3, 0.4) is 0 Å². The zero-order chi connectivity index (χ0) is 31.7. The molecular formula is C45H41N. The molecule has 1 nitrogen and oxygen atoms in total. The maximum Gasteiger partial charge on any atom is 0.0462 e. The van der Waals surface area contributed by atoms with E-state index in [1.54, 1.807) is 0 Å². The van der Waals surface area contributed by atoms with Gasteiger partial charge in [-0.3, -0.25) is 0 Å². The largest absolute Gasteiger partial charge is 0.311 e. The third-order valence-electron chi connectivity index (χ3n) is 8.81. The van der Waals surface area contributed by atoms with Gasteiger partial charge in [0, 0.05) is 28.9 Å². The molecule has 226 valence electrons. The van der Waals surface area contributed by atoms with Gasteiger partial charge in [-0.15, -0.1) is 0 Å². The van der Waals surface area contributed by atoms with Crippen molar-refractivity contribution in [1.29, 1.82) is 0 Å². The summed E-state index contributed by atoms with van der Waals surface area (Å²) in [6.07, 6.45) is 15.9. The molecule has 0 amide bonds. The molecule has 0 saturated heterocycles. The van der Waals surface area contributed by atoms with Crippen molar-refractivity contribution in [2.24, 2.45) is 5.92 Å². The zero-order valence-electron chi connectivity index (χ0n) is 26.9. The fraction of sp³-hybridized carbons (Fsp3) is 0.111. The second-order valence-corrected chi connectivity index (χ2v) is 11.7. The van der Waals surface area contributed by atoms with Crippen LogP contribution in [0.1, 0.15) is 37.8 Å². The van der Waals surface area contributed by atoms with Crippen molar-refractivity contribution in [2.75, 3.05) is 4.90 Å². The van der Waals surface area contributed by atoms with E-state index < -0.39 is 0 Å². The highest BCUT2D eigenvalue weighted by molar-refractivity contribution is 5.85. The molecule has 1 aliphatic carbocycles. The fourth-order valence-corrected chi connectivity index (χ4v) is 6.44. The maximum atomic E-state index is 2.37. The molecule has 2 unspecified atom stereocenters. The molecule has 0 heterocycles. The predicted octanol–water partition coefficient (Wildman–Crippen LogP) is 12.6. The first-order valence-electron chi connectivity index (χ1n) is 16.2. The van der Waals surface area contributed by atoms with Gasteiger partial charge in [0.15, 0.2) is 0 Å². The number of rotatable bonds is 9. The summed E-state index contributed by atoms with van der Waals surface area (Å²) in [6, 6.07) is 50.0. The SMILES string of the molecule is C/C=C/C(c1ccc(-c2ccccc2)cc1)C1C=CC=C/C1=C(/C(C)=C/C)c1ccc(N(c2ccccc2)c2ccccc2)cc1. The van der Waals surface area contributed by atoms with E-state index in [0.717, 1.165) is 17.1 Å². The summed E-state index contributed by atoms with van der Waals surface area (Å²) >= 11 is 0. The molecule has 1 aliphatic rings. The highest BCUT2D eigenvalue weighted by Gasteiger charge is 2.26. The Morgan fingerprint density at radius 1 is 0.609 bits per heavy atom. The summed E-state index contributed by atoms with van der Waals surface area (Å²) < 4.78 is 0. The van der Waals surface area contributed by atoms with Gasteiger partial charge in [0.05, 0.1) is 0 Å². The molecule has 0 N–H and O–H groups in total. The number of para-hydroxylation sites is 2. The van der Waals surface area contributed by atoms with Crippen LogP contribution in [-0.4, -0.2) is 0 Å². The van der Waals surface area contributed by atoms with Crippen LogP contribution in [0.25, 0.3) is 16.7 Å². The first-order chi connectivity index (χ1) is 22.7. The third-order valence-corrected chi connectivity index (χ3v) is 8.81. The molecule has 1 heteroatoms. The Hall–Kier alpha value is -5.40. The van der Waals surface area contributed by atoms with Gasteiger partial charge in [0.1, 0.15) is 0 Å². The Morgan fingerprint density at radius 3 is 1.72 bits per heavy atom. The van der Waals surface area contributed by atoms with Crippen molar-refractivity contribution < 1.29 is 0 Å². The second-order valence-electron chi connectivity index (χ2n) is 11.7. The minimum atomic E-state index is 0.193. The topological polar surface area (TPSA) is 3.24 Å². The predicted molar refractivity (Wildman–Crippen MR) is 199 cm³/mol. The van der Waals surface area contributed by atoms with Crippen molar-refractivity contribution in [1.82, 2.24) is 0 Å². The molecule has 46 heavy (non-hydrogen) atoms. The fourth-order valence-electron chi connectivity index (χ4n) is 6.44. The Kier molecular flexibility index (Phi) is 9.71. The molecule has 5 aromatic rings. The Bertz CT molecular complexity index is 1830. The summed E-state index contributed by atoms with van der Waals surface area (Å²) in [5.74, 6) is 0.398. The lowest BCUT2D eigenvalue weighted by Gasteiger charge is -2.29. The Balaban J connectivity index is 1.41. The molecule has 0 radical (unpaired) electrons. The van der Waals surface area contributed by atoms with Crippen molar-refractivity contribution >= 4 is 22.6 Å². The Labute approximate surface area is 274 Å². The minimum absolute atomic E-state index is 0.193. The van der Waals surface area contributed by atoms with Crippen molar-refractivity contribution in [2.45, 2.75) is 26.7 Å². The van der Waals surface area contributed by atoms with Crippen LogP contribution in [0.4, 0.5) is 17.1 Å². The van der Waals surface area contributed by atoms with Gasteiger partial charge in [-0.1, -0.05) is 146 Å². The smallest absolute Gasteiger partial charge is 0.0462 e. The highest BCUT2D eigenvalue weighted by atomic mass is 15.1. The number of nitrogens with zero attached hydrogens (tertiary/aromatic N) is 1. The number of anilines is 3. The van der Waals surface area contributed by atoms with Crippen LogP contribution >= 0.6 is 0 Å². The first-order valence-corrected chi connectivity index (χ1v) is 16.2. The molecule has 0 fully saturated rings. The lowest BCUT2D eigenvalue weighted by Crippen LogP contribution is -2.15. The van der Waals surface area contributed by atoms with Crippen molar-refractivity contribution in [3.63, 3.8) is 0 Å². The molecular weight excluding hydrogens is 555 g/mol. The minimum Gasteiger partial charge on any atom is -0.311 e. The summed E-state index contributed by atoms with van der Waals surface area (Å²) in [5, 5.41) is 0.